The van der Waals surface area contributed by atoms with Crippen LogP contribution in [0.4, 0.5) is 5.95 Å². The van der Waals surface area contributed by atoms with Crippen molar-refractivity contribution in [3.63, 3.8) is 0 Å². The number of aryl methyl sites for hydroxylation is 2. The molecule has 0 saturated carbocycles. The third kappa shape index (κ3) is 1.90. The van der Waals surface area contributed by atoms with Crippen LogP contribution in [0.25, 0.3) is 0 Å². The molecule has 6 heteroatoms. The van der Waals surface area contributed by atoms with E-state index in [1.807, 2.05) is 0 Å². The summed E-state index contributed by atoms with van der Waals surface area (Å²) in [6, 6.07) is 2.17. The highest BCUT2D eigenvalue weighted by molar-refractivity contribution is 7.12. The number of aromatic amines is 1. The van der Waals surface area contributed by atoms with Crippen LogP contribution in [0.2, 0.25) is 0 Å². The molecule has 5 nitrogen and oxygen atoms in total. The molecule has 0 bridgehead atoms. The first kappa shape index (κ1) is 9.14. The molecule has 0 radical (unpaired) electrons. The lowest BCUT2D eigenvalue weighted by molar-refractivity contribution is 0.881. The van der Waals surface area contributed by atoms with Gasteiger partial charge in [0, 0.05) is 16.3 Å². The van der Waals surface area contributed by atoms with Crippen molar-refractivity contribution in [1.29, 1.82) is 0 Å². The van der Waals surface area contributed by atoms with Crippen LogP contribution in [0.15, 0.2) is 6.07 Å². The van der Waals surface area contributed by atoms with E-state index in [1.54, 1.807) is 11.3 Å². The van der Waals surface area contributed by atoms with Gasteiger partial charge in [0.05, 0.1) is 0 Å². The van der Waals surface area contributed by atoms with Crippen molar-refractivity contribution in [1.82, 2.24) is 20.6 Å². The molecule has 0 aromatic carbocycles. The molecule has 74 valence electrons. The number of thiophene rings is 1. The Balaban J connectivity index is 2.01. The zero-order valence-corrected chi connectivity index (χ0v) is 8.85. The standard InChI is InChI=1S/C8H11N5S/c1-5-3-7(6(2)14-5)4-9-8-10-12-13-11-8/h3H,4H2,1-2H3,(H2,9,10,11,12,13). The van der Waals surface area contributed by atoms with E-state index in [9.17, 15) is 0 Å². The molecule has 2 heterocycles. The van der Waals surface area contributed by atoms with E-state index in [1.165, 1.54) is 15.3 Å². The molecule has 14 heavy (non-hydrogen) atoms. The third-order valence-corrected chi connectivity index (χ3v) is 2.93. The summed E-state index contributed by atoms with van der Waals surface area (Å²) in [5, 5.41) is 16.6. The first-order valence-electron chi connectivity index (χ1n) is 4.29. The van der Waals surface area contributed by atoms with Gasteiger partial charge in [-0.3, -0.25) is 0 Å². The molecule has 0 aliphatic carbocycles. The Hall–Kier alpha value is -1.43. The number of anilines is 1. The lowest BCUT2D eigenvalue weighted by Crippen LogP contribution is -2.00. The minimum Gasteiger partial charge on any atom is -0.347 e. The van der Waals surface area contributed by atoms with E-state index in [4.69, 9.17) is 0 Å². The fraction of sp³-hybridized carbons (Fsp3) is 0.375. The van der Waals surface area contributed by atoms with Crippen molar-refractivity contribution in [3.8, 4) is 0 Å². The highest BCUT2D eigenvalue weighted by atomic mass is 32.1. The Morgan fingerprint density at radius 1 is 1.50 bits per heavy atom. The van der Waals surface area contributed by atoms with Crippen molar-refractivity contribution < 1.29 is 0 Å². The summed E-state index contributed by atoms with van der Waals surface area (Å²) in [5.41, 5.74) is 1.29. The van der Waals surface area contributed by atoms with Gasteiger partial charge in [-0.2, -0.15) is 5.21 Å². The van der Waals surface area contributed by atoms with Crippen LogP contribution in [0.5, 0.6) is 0 Å². The summed E-state index contributed by atoms with van der Waals surface area (Å²) in [7, 11) is 0. The van der Waals surface area contributed by atoms with Crippen LogP contribution in [0, 0.1) is 13.8 Å². The van der Waals surface area contributed by atoms with Gasteiger partial charge in [-0.05, 0) is 30.7 Å². The second-order valence-electron chi connectivity index (χ2n) is 3.03. The first-order chi connectivity index (χ1) is 6.75. The molecule has 0 aliphatic rings. The molecule has 0 fully saturated rings. The molecule has 0 spiro atoms. The van der Waals surface area contributed by atoms with E-state index >= 15 is 0 Å². The van der Waals surface area contributed by atoms with Gasteiger partial charge in [-0.25, -0.2) is 0 Å². The number of nitrogens with zero attached hydrogens (tertiary/aromatic N) is 3. The van der Waals surface area contributed by atoms with Crippen LogP contribution in [0.1, 0.15) is 15.3 Å². The van der Waals surface area contributed by atoms with E-state index in [0.717, 1.165) is 6.54 Å². The fourth-order valence-corrected chi connectivity index (χ4v) is 2.22. The Bertz CT molecular complexity index is 405. The van der Waals surface area contributed by atoms with Crippen molar-refractivity contribution in [3.05, 3.63) is 21.4 Å². The van der Waals surface area contributed by atoms with Gasteiger partial charge in [0.25, 0.3) is 5.95 Å². The molecule has 2 aromatic rings. The fourth-order valence-electron chi connectivity index (χ4n) is 1.27. The number of tetrazole rings is 1. The number of nitrogens with one attached hydrogen (secondary N) is 2. The zero-order chi connectivity index (χ0) is 9.97. The number of hydrogen-bond acceptors (Lipinski definition) is 5. The van der Waals surface area contributed by atoms with E-state index in [2.05, 4.69) is 45.9 Å². The smallest absolute Gasteiger partial charge is 0.263 e. The third-order valence-electron chi connectivity index (χ3n) is 1.93. The van der Waals surface area contributed by atoms with Gasteiger partial charge >= 0.3 is 0 Å². The average molecular weight is 209 g/mol. The molecule has 0 saturated heterocycles. The van der Waals surface area contributed by atoms with Crippen LogP contribution < -0.4 is 5.32 Å². The van der Waals surface area contributed by atoms with Gasteiger partial charge in [0.2, 0.25) is 0 Å². The minimum atomic E-state index is 0.535. The highest BCUT2D eigenvalue weighted by Gasteiger charge is 2.03. The number of aromatic nitrogens is 4. The maximum atomic E-state index is 3.81. The normalized spacial score (nSPS) is 10.4. The molecular formula is C8H11N5S. The largest absolute Gasteiger partial charge is 0.347 e. The zero-order valence-electron chi connectivity index (χ0n) is 8.03. The van der Waals surface area contributed by atoms with E-state index < -0.39 is 0 Å². The molecule has 0 unspecified atom stereocenters. The topological polar surface area (TPSA) is 66.5 Å². The molecule has 0 atom stereocenters. The lowest BCUT2D eigenvalue weighted by atomic mass is 10.2. The summed E-state index contributed by atoms with van der Waals surface area (Å²) in [6.07, 6.45) is 0. The highest BCUT2D eigenvalue weighted by Crippen LogP contribution is 2.20. The second-order valence-corrected chi connectivity index (χ2v) is 4.49. The summed E-state index contributed by atoms with van der Waals surface area (Å²) < 4.78 is 0. The predicted molar refractivity (Wildman–Crippen MR) is 55.3 cm³/mol. The van der Waals surface area contributed by atoms with Crippen LogP contribution in [-0.4, -0.2) is 20.6 Å². The quantitative estimate of drug-likeness (QED) is 0.803. The molecule has 2 rings (SSSR count). The number of hydrogen-bond donors (Lipinski definition) is 2. The summed E-state index contributed by atoms with van der Waals surface area (Å²) in [5.74, 6) is 0.535. The average Bonchev–Trinajstić information content (AvgIpc) is 2.72. The Labute approximate surface area is 85.5 Å². The van der Waals surface area contributed by atoms with Gasteiger partial charge in [0.1, 0.15) is 0 Å². The van der Waals surface area contributed by atoms with Crippen LogP contribution in [0.3, 0.4) is 0 Å². The summed E-state index contributed by atoms with van der Waals surface area (Å²) in [6.45, 7) is 4.97. The van der Waals surface area contributed by atoms with Crippen molar-refractivity contribution in [2.75, 3.05) is 5.32 Å². The van der Waals surface area contributed by atoms with Crippen molar-refractivity contribution >= 4 is 17.3 Å². The Kier molecular flexibility index (Phi) is 2.45. The first-order valence-corrected chi connectivity index (χ1v) is 5.10. The molecular weight excluding hydrogens is 198 g/mol. The number of H-pyrrole nitrogens is 1. The van der Waals surface area contributed by atoms with Gasteiger partial charge in [-0.1, -0.05) is 5.10 Å². The minimum absolute atomic E-state index is 0.535. The lowest BCUT2D eigenvalue weighted by Gasteiger charge is -1.99. The number of rotatable bonds is 3. The molecule has 0 amide bonds. The SMILES string of the molecule is Cc1cc(CNc2nn[nH]n2)c(C)s1. The van der Waals surface area contributed by atoms with E-state index in [-0.39, 0.29) is 0 Å². The van der Waals surface area contributed by atoms with E-state index in [0.29, 0.717) is 5.95 Å². The Morgan fingerprint density at radius 3 is 2.93 bits per heavy atom. The monoisotopic (exact) mass is 209 g/mol. The van der Waals surface area contributed by atoms with Crippen LogP contribution >= 0.6 is 11.3 Å². The molecule has 2 aromatic heterocycles. The van der Waals surface area contributed by atoms with Crippen molar-refractivity contribution in [2.45, 2.75) is 20.4 Å². The van der Waals surface area contributed by atoms with Gasteiger partial charge in [0.15, 0.2) is 0 Å². The van der Waals surface area contributed by atoms with Gasteiger partial charge in [-0.15, -0.1) is 16.4 Å². The summed E-state index contributed by atoms with van der Waals surface area (Å²) in [4.78, 5) is 2.66. The van der Waals surface area contributed by atoms with Crippen molar-refractivity contribution in [2.24, 2.45) is 0 Å². The molecule has 2 N–H and O–H groups in total. The Morgan fingerprint density at radius 2 is 2.36 bits per heavy atom. The maximum Gasteiger partial charge on any atom is 0.263 e. The predicted octanol–water partition coefficient (Wildman–Crippen LogP) is 1.49. The van der Waals surface area contributed by atoms with Crippen LogP contribution in [-0.2, 0) is 6.54 Å². The second kappa shape index (κ2) is 3.75. The maximum absolute atomic E-state index is 3.81. The molecule has 0 aliphatic heterocycles. The van der Waals surface area contributed by atoms with Gasteiger partial charge < -0.3 is 5.32 Å². The summed E-state index contributed by atoms with van der Waals surface area (Å²) >= 11 is 1.80.